The maximum Gasteiger partial charge on any atom is 0.0706 e. The van der Waals surface area contributed by atoms with Crippen LogP contribution in [0.2, 0.25) is 0 Å². The van der Waals surface area contributed by atoms with Crippen LogP contribution in [0.25, 0.3) is 10.9 Å². The Bertz CT molecular complexity index is 616. The minimum Gasteiger partial charge on any atom is -0.253 e. The van der Waals surface area contributed by atoms with Gasteiger partial charge >= 0.3 is 0 Å². The number of aryl methyl sites for hydroxylation is 1. The summed E-state index contributed by atoms with van der Waals surface area (Å²) in [5.41, 5.74) is 3.70. The van der Waals surface area contributed by atoms with Crippen molar-refractivity contribution < 1.29 is 0 Å². The van der Waals surface area contributed by atoms with Gasteiger partial charge in [0.15, 0.2) is 0 Å². The van der Waals surface area contributed by atoms with Crippen molar-refractivity contribution >= 4 is 26.8 Å². The van der Waals surface area contributed by atoms with Crippen LogP contribution in [0.15, 0.2) is 40.9 Å². The fourth-order valence-electron chi connectivity index (χ4n) is 2.75. The Kier molecular flexibility index (Phi) is 3.21. The second-order valence-electron chi connectivity index (χ2n) is 4.98. The third kappa shape index (κ3) is 2.22. The first kappa shape index (κ1) is 11.9. The zero-order valence-corrected chi connectivity index (χ0v) is 12.1. The Morgan fingerprint density at radius 1 is 1.22 bits per heavy atom. The SMILES string of the molecule is Cc1nc2ccc(Br)cc2cc1C1CC=CCC1. The van der Waals surface area contributed by atoms with E-state index in [1.54, 1.807) is 0 Å². The fourth-order valence-corrected chi connectivity index (χ4v) is 3.13. The number of hydrogen-bond acceptors (Lipinski definition) is 1. The van der Waals surface area contributed by atoms with Gasteiger partial charge in [-0.2, -0.15) is 0 Å². The maximum absolute atomic E-state index is 4.75. The Morgan fingerprint density at radius 3 is 2.89 bits per heavy atom. The topological polar surface area (TPSA) is 12.9 Å². The molecule has 18 heavy (non-hydrogen) atoms. The zero-order valence-electron chi connectivity index (χ0n) is 10.5. The van der Waals surface area contributed by atoms with Crippen LogP contribution in [0.4, 0.5) is 0 Å². The number of allylic oxidation sites excluding steroid dienone is 2. The molecule has 0 amide bonds. The number of nitrogens with zero attached hydrogens (tertiary/aromatic N) is 1. The van der Waals surface area contributed by atoms with E-state index in [2.05, 4.69) is 59.3 Å². The van der Waals surface area contributed by atoms with Crippen molar-refractivity contribution in [3.8, 4) is 0 Å². The average molecular weight is 302 g/mol. The van der Waals surface area contributed by atoms with Gasteiger partial charge in [-0.05, 0) is 61.9 Å². The van der Waals surface area contributed by atoms with Crippen molar-refractivity contribution in [2.45, 2.75) is 32.1 Å². The molecule has 0 saturated heterocycles. The summed E-state index contributed by atoms with van der Waals surface area (Å²) in [6.07, 6.45) is 8.19. The van der Waals surface area contributed by atoms with Gasteiger partial charge in [0.2, 0.25) is 0 Å². The number of rotatable bonds is 1. The average Bonchev–Trinajstić information content (AvgIpc) is 2.39. The third-order valence-electron chi connectivity index (χ3n) is 3.72. The largest absolute Gasteiger partial charge is 0.253 e. The Hall–Kier alpha value is -1.15. The monoisotopic (exact) mass is 301 g/mol. The van der Waals surface area contributed by atoms with Crippen LogP contribution < -0.4 is 0 Å². The molecule has 92 valence electrons. The fraction of sp³-hybridized carbons (Fsp3) is 0.312. The van der Waals surface area contributed by atoms with E-state index in [9.17, 15) is 0 Å². The van der Waals surface area contributed by atoms with Crippen LogP contribution in [0.1, 0.15) is 36.4 Å². The molecule has 2 heteroatoms. The summed E-state index contributed by atoms with van der Waals surface area (Å²) in [5, 5.41) is 1.24. The first-order chi connectivity index (χ1) is 8.74. The van der Waals surface area contributed by atoms with Crippen LogP contribution in [0, 0.1) is 6.92 Å². The van der Waals surface area contributed by atoms with Crippen LogP contribution in [-0.2, 0) is 0 Å². The first-order valence-electron chi connectivity index (χ1n) is 6.46. The van der Waals surface area contributed by atoms with E-state index in [-0.39, 0.29) is 0 Å². The van der Waals surface area contributed by atoms with E-state index in [0.717, 1.165) is 16.4 Å². The van der Waals surface area contributed by atoms with E-state index in [1.165, 1.54) is 29.5 Å². The predicted molar refractivity (Wildman–Crippen MR) is 79.9 cm³/mol. The van der Waals surface area contributed by atoms with Gasteiger partial charge in [0.25, 0.3) is 0 Å². The van der Waals surface area contributed by atoms with Crippen molar-refractivity contribution in [1.82, 2.24) is 4.98 Å². The Morgan fingerprint density at radius 2 is 2.11 bits per heavy atom. The molecule has 1 aliphatic rings. The standard InChI is InChI=1S/C16H16BrN/c1-11-15(12-5-3-2-4-6-12)10-13-9-14(17)7-8-16(13)18-11/h2-3,7-10,12H,4-6H2,1H3. The molecule has 3 rings (SSSR count). The molecule has 0 aliphatic heterocycles. The highest BCUT2D eigenvalue weighted by molar-refractivity contribution is 9.10. The van der Waals surface area contributed by atoms with Gasteiger partial charge in [-0.3, -0.25) is 4.98 Å². The molecular weight excluding hydrogens is 286 g/mol. The minimum absolute atomic E-state index is 0.644. The van der Waals surface area contributed by atoms with Crippen molar-refractivity contribution in [2.24, 2.45) is 0 Å². The number of halogens is 1. The number of benzene rings is 1. The summed E-state index contributed by atoms with van der Waals surface area (Å²) in [7, 11) is 0. The highest BCUT2D eigenvalue weighted by Gasteiger charge is 2.16. The van der Waals surface area contributed by atoms with Gasteiger partial charge in [-0.25, -0.2) is 0 Å². The van der Waals surface area contributed by atoms with E-state index in [1.807, 2.05) is 0 Å². The van der Waals surface area contributed by atoms with Crippen molar-refractivity contribution in [1.29, 1.82) is 0 Å². The molecule has 2 aromatic rings. The highest BCUT2D eigenvalue weighted by Crippen LogP contribution is 2.32. The summed E-state index contributed by atoms with van der Waals surface area (Å²) in [4.78, 5) is 4.75. The van der Waals surface area contributed by atoms with E-state index in [0.29, 0.717) is 5.92 Å². The molecule has 1 aliphatic carbocycles. The second kappa shape index (κ2) is 4.85. The summed E-state index contributed by atoms with van der Waals surface area (Å²) in [6.45, 7) is 2.13. The molecule has 1 heterocycles. The highest BCUT2D eigenvalue weighted by atomic mass is 79.9. The molecule has 1 nitrogen and oxygen atoms in total. The smallest absolute Gasteiger partial charge is 0.0706 e. The number of aromatic nitrogens is 1. The first-order valence-corrected chi connectivity index (χ1v) is 7.25. The zero-order chi connectivity index (χ0) is 12.5. The van der Waals surface area contributed by atoms with Crippen LogP contribution in [0.3, 0.4) is 0 Å². The number of pyridine rings is 1. The van der Waals surface area contributed by atoms with Crippen LogP contribution in [0.5, 0.6) is 0 Å². The number of hydrogen-bond donors (Lipinski definition) is 0. The molecule has 0 fully saturated rings. The van der Waals surface area contributed by atoms with E-state index < -0.39 is 0 Å². The van der Waals surface area contributed by atoms with Crippen molar-refractivity contribution in [2.75, 3.05) is 0 Å². The molecule has 0 radical (unpaired) electrons. The minimum atomic E-state index is 0.644. The lowest BCUT2D eigenvalue weighted by Crippen LogP contribution is -2.04. The van der Waals surface area contributed by atoms with E-state index in [4.69, 9.17) is 4.98 Å². The van der Waals surface area contributed by atoms with Gasteiger partial charge in [0.05, 0.1) is 5.52 Å². The summed E-state index contributed by atoms with van der Waals surface area (Å²) < 4.78 is 1.12. The molecular formula is C16H16BrN. The molecule has 0 saturated carbocycles. The van der Waals surface area contributed by atoms with Gasteiger partial charge in [-0.1, -0.05) is 28.1 Å². The molecule has 1 aromatic heterocycles. The van der Waals surface area contributed by atoms with E-state index >= 15 is 0 Å². The van der Waals surface area contributed by atoms with Crippen molar-refractivity contribution in [3.63, 3.8) is 0 Å². The summed E-state index contributed by atoms with van der Waals surface area (Å²) in [5.74, 6) is 0.644. The van der Waals surface area contributed by atoms with Gasteiger partial charge in [-0.15, -0.1) is 0 Å². The molecule has 0 spiro atoms. The molecule has 0 bridgehead atoms. The molecule has 0 N–H and O–H groups in total. The quantitative estimate of drug-likeness (QED) is 0.665. The second-order valence-corrected chi connectivity index (χ2v) is 5.90. The third-order valence-corrected chi connectivity index (χ3v) is 4.21. The lowest BCUT2D eigenvalue weighted by molar-refractivity contribution is 0.612. The van der Waals surface area contributed by atoms with Gasteiger partial charge in [0.1, 0.15) is 0 Å². The summed E-state index contributed by atoms with van der Waals surface area (Å²) in [6, 6.07) is 8.62. The van der Waals surface area contributed by atoms with Crippen molar-refractivity contribution in [3.05, 3.63) is 52.1 Å². The molecule has 1 atom stereocenters. The summed E-state index contributed by atoms with van der Waals surface area (Å²) >= 11 is 3.53. The van der Waals surface area contributed by atoms with Crippen LogP contribution >= 0.6 is 15.9 Å². The predicted octanol–water partition coefficient (Wildman–Crippen LogP) is 5.13. The Labute approximate surface area is 116 Å². The van der Waals surface area contributed by atoms with Gasteiger partial charge in [0, 0.05) is 15.6 Å². The maximum atomic E-state index is 4.75. The molecule has 1 aromatic carbocycles. The lowest BCUT2D eigenvalue weighted by atomic mass is 9.86. The normalized spacial score (nSPS) is 19.3. The Balaban J connectivity index is 2.11. The van der Waals surface area contributed by atoms with Crippen LogP contribution in [-0.4, -0.2) is 4.98 Å². The van der Waals surface area contributed by atoms with Gasteiger partial charge < -0.3 is 0 Å². The number of fused-ring (bicyclic) bond motifs is 1. The molecule has 1 unspecified atom stereocenters. The lowest BCUT2D eigenvalue weighted by Gasteiger charge is -2.20.